The Labute approximate surface area is 103 Å². The lowest BCUT2D eigenvalue weighted by Crippen LogP contribution is -2.29. The van der Waals surface area contributed by atoms with E-state index < -0.39 is 0 Å². The minimum Gasteiger partial charge on any atom is -0.384 e. The SMILES string of the molecule is Cc1nc(N)cc(N(CCC(C)C)C2CC2)n1. The molecule has 2 rings (SSSR count). The molecule has 4 heteroatoms. The summed E-state index contributed by atoms with van der Waals surface area (Å²) in [6, 6.07) is 2.56. The molecule has 0 bridgehead atoms. The zero-order chi connectivity index (χ0) is 12.4. The van der Waals surface area contributed by atoms with Crippen LogP contribution in [0.5, 0.6) is 0 Å². The van der Waals surface area contributed by atoms with E-state index in [1.54, 1.807) is 0 Å². The number of nitrogens with zero attached hydrogens (tertiary/aromatic N) is 3. The molecule has 94 valence electrons. The van der Waals surface area contributed by atoms with Gasteiger partial charge in [0, 0.05) is 18.7 Å². The van der Waals surface area contributed by atoms with Gasteiger partial charge in [-0.05, 0) is 32.1 Å². The quantitative estimate of drug-likeness (QED) is 0.850. The molecule has 0 radical (unpaired) electrons. The topological polar surface area (TPSA) is 55.0 Å². The van der Waals surface area contributed by atoms with E-state index in [1.165, 1.54) is 19.3 Å². The molecule has 0 aromatic carbocycles. The van der Waals surface area contributed by atoms with Gasteiger partial charge in [0.05, 0.1) is 0 Å². The van der Waals surface area contributed by atoms with E-state index in [9.17, 15) is 0 Å². The Hall–Kier alpha value is -1.32. The minimum atomic E-state index is 0.572. The van der Waals surface area contributed by atoms with E-state index in [1.807, 2.05) is 13.0 Å². The number of hydrogen-bond donors (Lipinski definition) is 1. The van der Waals surface area contributed by atoms with E-state index >= 15 is 0 Å². The Kier molecular flexibility index (Phi) is 3.50. The molecule has 1 fully saturated rings. The van der Waals surface area contributed by atoms with Gasteiger partial charge in [-0.25, -0.2) is 9.97 Å². The summed E-state index contributed by atoms with van der Waals surface area (Å²) >= 11 is 0. The number of nitrogens with two attached hydrogens (primary N) is 1. The lowest BCUT2D eigenvalue weighted by atomic mass is 10.1. The Bertz CT molecular complexity index is 365. The lowest BCUT2D eigenvalue weighted by Gasteiger charge is -2.24. The fourth-order valence-corrected chi connectivity index (χ4v) is 1.99. The third kappa shape index (κ3) is 3.32. The highest BCUT2D eigenvalue weighted by Crippen LogP contribution is 2.31. The van der Waals surface area contributed by atoms with Crippen molar-refractivity contribution in [3.8, 4) is 0 Å². The highest BCUT2D eigenvalue weighted by Gasteiger charge is 2.30. The van der Waals surface area contributed by atoms with Crippen LogP contribution >= 0.6 is 0 Å². The molecule has 0 unspecified atom stereocenters. The van der Waals surface area contributed by atoms with E-state index in [-0.39, 0.29) is 0 Å². The fraction of sp³-hybridized carbons (Fsp3) is 0.692. The zero-order valence-corrected chi connectivity index (χ0v) is 11.0. The molecule has 0 spiro atoms. The third-order valence-corrected chi connectivity index (χ3v) is 3.07. The summed E-state index contributed by atoms with van der Waals surface area (Å²) in [5.74, 6) is 3.05. The van der Waals surface area contributed by atoms with Gasteiger partial charge in [0.1, 0.15) is 17.5 Å². The van der Waals surface area contributed by atoms with Crippen LogP contribution in [0.3, 0.4) is 0 Å². The normalized spacial score (nSPS) is 15.3. The molecule has 1 aromatic heterocycles. The van der Waals surface area contributed by atoms with Crippen LogP contribution in [0.25, 0.3) is 0 Å². The van der Waals surface area contributed by atoms with Gasteiger partial charge in [-0.1, -0.05) is 13.8 Å². The van der Waals surface area contributed by atoms with Crippen LogP contribution in [0.4, 0.5) is 11.6 Å². The van der Waals surface area contributed by atoms with Gasteiger partial charge in [0.2, 0.25) is 0 Å². The summed E-state index contributed by atoms with van der Waals surface area (Å²) < 4.78 is 0. The van der Waals surface area contributed by atoms with Crippen LogP contribution in [0, 0.1) is 12.8 Å². The Morgan fingerprint density at radius 1 is 1.41 bits per heavy atom. The molecule has 1 heterocycles. The molecular formula is C13H22N4. The molecule has 17 heavy (non-hydrogen) atoms. The van der Waals surface area contributed by atoms with Gasteiger partial charge in [0.15, 0.2) is 0 Å². The van der Waals surface area contributed by atoms with Crippen LogP contribution in [0.2, 0.25) is 0 Å². The molecule has 0 saturated heterocycles. The summed E-state index contributed by atoms with van der Waals surface area (Å²) in [6.07, 6.45) is 3.75. The van der Waals surface area contributed by atoms with Gasteiger partial charge < -0.3 is 10.6 Å². The van der Waals surface area contributed by atoms with Crippen LogP contribution in [-0.4, -0.2) is 22.6 Å². The highest BCUT2D eigenvalue weighted by atomic mass is 15.2. The smallest absolute Gasteiger partial charge is 0.134 e. The van der Waals surface area contributed by atoms with Crippen LogP contribution in [-0.2, 0) is 0 Å². The Morgan fingerprint density at radius 3 is 2.65 bits per heavy atom. The van der Waals surface area contributed by atoms with Gasteiger partial charge in [-0.3, -0.25) is 0 Å². The summed E-state index contributed by atoms with van der Waals surface area (Å²) in [7, 11) is 0. The molecular weight excluding hydrogens is 212 g/mol. The van der Waals surface area contributed by atoms with E-state index in [0.717, 1.165) is 24.1 Å². The van der Waals surface area contributed by atoms with Gasteiger partial charge in [-0.15, -0.1) is 0 Å². The maximum absolute atomic E-state index is 5.80. The van der Waals surface area contributed by atoms with Crippen LogP contribution < -0.4 is 10.6 Å². The fourth-order valence-electron chi connectivity index (χ4n) is 1.99. The number of anilines is 2. The van der Waals surface area contributed by atoms with E-state index in [2.05, 4.69) is 28.7 Å². The second-order valence-corrected chi connectivity index (χ2v) is 5.31. The minimum absolute atomic E-state index is 0.572. The van der Waals surface area contributed by atoms with Crippen LogP contribution in [0.15, 0.2) is 6.07 Å². The maximum atomic E-state index is 5.80. The van der Waals surface area contributed by atoms with Crippen molar-refractivity contribution in [3.63, 3.8) is 0 Å². The number of aryl methyl sites for hydroxylation is 1. The average Bonchev–Trinajstić information content (AvgIpc) is 3.00. The van der Waals surface area contributed by atoms with Gasteiger partial charge in [-0.2, -0.15) is 0 Å². The second-order valence-electron chi connectivity index (χ2n) is 5.31. The second kappa shape index (κ2) is 4.90. The molecule has 1 aliphatic rings. The Morgan fingerprint density at radius 2 is 2.12 bits per heavy atom. The lowest BCUT2D eigenvalue weighted by molar-refractivity contribution is 0.568. The summed E-state index contributed by atoms with van der Waals surface area (Å²) in [5, 5.41) is 0. The summed E-state index contributed by atoms with van der Waals surface area (Å²) in [6.45, 7) is 7.47. The molecule has 0 aliphatic heterocycles. The predicted molar refractivity (Wildman–Crippen MR) is 71.0 cm³/mol. The molecule has 1 aliphatic carbocycles. The molecule has 1 saturated carbocycles. The van der Waals surface area contributed by atoms with Crippen molar-refractivity contribution < 1.29 is 0 Å². The maximum Gasteiger partial charge on any atom is 0.134 e. The average molecular weight is 234 g/mol. The first-order chi connectivity index (χ1) is 8.06. The van der Waals surface area contributed by atoms with Crippen molar-refractivity contribution in [3.05, 3.63) is 11.9 Å². The number of aromatic nitrogens is 2. The molecule has 2 N–H and O–H groups in total. The number of nitrogen functional groups attached to an aromatic ring is 1. The van der Waals surface area contributed by atoms with E-state index in [0.29, 0.717) is 11.9 Å². The molecule has 0 atom stereocenters. The first-order valence-electron chi connectivity index (χ1n) is 6.44. The zero-order valence-electron chi connectivity index (χ0n) is 11.0. The van der Waals surface area contributed by atoms with Crippen molar-refractivity contribution in [1.29, 1.82) is 0 Å². The van der Waals surface area contributed by atoms with Crippen molar-refractivity contribution in [2.45, 2.75) is 46.1 Å². The van der Waals surface area contributed by atoms with Gasteiger partial charge >= 0.3 is 0 Å². The first-order valence-corrected chi connectivity index (χ1v) is 6.44. The third-order valence-electron chi connectivity index (χ3n) is 3.07. The van der Waals surface area contributed by atoms with Crippen molar-refractivity contribution >= 4 is 11.6 Å². The number of hydrogen-bond acceptors (Lipinski definition) is 4. The van der Waals surface area contributed by atoms with Crippen molar-refractivity contribution in [2.24, 2.45) is 5.92 Å². The van der Waals surface area contributed by atoms with E-state index in [4.69, 9.17) is 5.73 Å². The van der Waals surface area contributed by atoms with Crippen molar-refractivity contribution in [1.82, 2.24) is 9.97 Å². The van der Waals surface area contributed by atoms with Crippen LogP contribution in [0.1, 0.15) is 38.9 Å². The van der Waals surface area contributed by atoms with Gasteiger partial charge in [0.25, 0.3) is 0 Å². The monoisotopic (exact) mass is 234 g/mol. The number of rotatable bonds is 5. The standard InChI is InChI=1S/C13H22N4/c1-9(2)6-7-17(11-4-5-11)13-8-12(14)15-10(3)16-13/h8-9,11H,4-7H2,1-3H3,(H2,14,15,16). The summed E-state index contributed by atoms with van der Waals surface area (Å²) in [5.41, 5.74) is 5.80. The largest absolute Gasteiger partial charge is 0.384 e. The van der Waals surface area contributed by atoms with Crippen molar-refractivity contribution in [2.75, 3.05) is 17.2 Å². The predicted octanol–water partition coefficient (Wildman–Crippen LogP) is 2.38. The molecule has 1 aromatic rings. The highest BCUT2D eigenvalue weighted by molar-refractivity contribution is 5.48. The first kappa shape index (κ1) is 12.1. The molecule has 4 nitrogen and oxygen atoms in total. The summed E-state index contributed by atoms with van der Waals surface area (Å²) in [4.78, 5) is 11.0. The Balaban J connectivity index is 2.14. The molecule has 0 amide bonds.